The van der Waals surface area contributed by atoms with Crippen molar-refractivity contribution >= 4 is 44.6 Å². The smallest absolute Gasteiger partial charge is 0.242 e. The predicted molar refractivity (Wildman–Crippen MR) is 87.4 cm³/mol. The van der Waals surface area contributed by atoms with Crippen LogP contribution in [-0.2, 0) is 23.1 Å². The summed E-state index contributed by atoms with van der Waals surface area (Å²) in [6, 6.07) is 4.75. The highest BCUT2D eigenvalue weighted by molar-refractivity contribution is 7.89. The molecule has 114 valence electrons. The second-order valence-electron chi connectivity index (χ2n) is 4.43. The molecule has 0 atom stereocenters. The van der Waals surface area contributed by atoms with Crippen molar-refractivity contribution in [1.29, 1.82) is 0 Å². The Labute approximate surface area is 137 Å². The minimum atomic E-state index is -3.72. The Morgan fingerprint density at radius 2 is 2.00 bits per heavy atom. The van der Waals surface area contributed by atoms with Gasteiger partial charge in [0.25, 0.3) is 0 Å². The summed E-state index contributed by atoms with van der Waals surface area (Å²) in [6.07, 6.45) is 0. The zero-order valence-electron chi connectivity index (χ0n) is 11.2. The van der Waals surface area contributed by atoms with Crippen molar-refractivity contribution in [3.8, 4) is 0 Å². The van der Waals surface area contributed by atoms with Crippen LogP contribution in [0.1, 0.15) is 16.0 Å². The van der Waals surface area contributed by atoms with Crippen molar-refractivity contribution in [3.05, 3.63) is 49.6 Å². The van der Waals surface area contributed by atoms with Gasteiger partial charge in [-0.3, -0.25) is 0 Å². The van der Waals surface area contributed by atoms with Gasteiger partial charge in [-0.25, -0.2) is 13.1 Å². The Bertz CT molecular complexity index is 758. The summed E-state index contributed by atoms with van der Waals surface area (Å²) in [5, 5.41) is 2.35. The van der Waals surface area contributed by atoms with Crippen molar-refractivity contribution in [2.45, 2.75) is 24.9 Å². The van der Waals surface area contributed by atoms with Gasteiger partial charge in [0.2, 0.25) is 10.0 Å². The second kappa shape index (κ2) is 6.64. The quantitative estimate of drug-likeness (QED) is 0.854. The van der Waals surface area contributed by atoms with E-state index in [4.69, 9.17) is 28.9 Å². The lowest BCUT2D eigenvalue weighted by Crippen LogP contribution is -2.23. The number of hydrogen-bond donors (Lipinski definition) is 2. The number of thiophene rings is 1. The third-order valence-corrected chi connectivity index (χ3v) is 6.24. The maximum Gasteiger partial charge on any atom is 0.242 e. The van der Waals surface area contributed by atoms with Gasteiger partial charge in [-0.2, -0.15) is 0 Å². The van der Waals surface area contributed by atoms with Crippen molar-refractivity contribution < 1.29 is 8.42 Å². The fraction of sp³-hybridized carbons (Fsp3) is 0.231. The van der Waals surface area contributed by atoms with Gasteiger partial charge >= 0.3 is 0 Å². The summed E-state index contributed by atoms with van der Waals surface area (Å²) in [4.78, 5) is 0.950. The molecule has 0 unspecified atom stereocenters. The fourth-order valence-electron chi connectivity index (χ4n) is 1.76. The first-order valence-electron chi connectivity index (χ1n) is 6.05. The molecule has 0 aliphatic rings. The molecular formula is C13H14Cl2N2O2S2. The summed E-state index contributed by atoms with van der Waals surface area (Å²) in [7, 11) is -3.72. The van der Waals surface area contributed by atoms with Crippen LogP contribution in [0.15, 0.2) is 28.5 Å². The molecule has 2 rings (SSSR count). The predicted octanol–water partition coefficient (Wildman–Crippen LogP) is 3.30. The van der Waals surface area contributed by atoms with E-state index < -0.39 is 10.0 Å². The largest absolute Gasteiger partial charge is 0.326 e. The van der Waals surface area contributed by atoms with Gasteiger partial charge in [0.05, 0.1) is 5.02 Å². The van der Waals surface area contributed by atoms with E-state index in [1.54, 1.807) is 0 Å². The number of aryl methyl sites for hydroxylation is 1. The first-order valence-corrected chi connectivity index (χ1v) is 9.17. The van der Waals surface area contributed by atoms with Crippen LogP contribution in [-0.4, -0.2) is 8.42 Å². The van der Waals surface area contributed by atoms with Crippen LogP contribution < -0.4 is 10.5 Å². The van der Waals surface area contributed by atoms with Crippen LogP contribution in [0.2, 0.25) is 10.0 Å². The number of nitrogens with one attached hydrogen (secondary N) is 1. The second-order valence-corrected chi connectivity index (χ2v) is 7.98. The molecule has 0 saturated heterocycles. The lowest BCUT2D eigenvalue weighted by Gasteiger charge is -2.11. The van der Waals surface area contributed by atoms with E-state index >= 15 is 0 Å². The molecule has 21 heavy (non-hydrogen) atoms. The summed E-state index contributed by atoms with van der Waals surface area (Å²) in [5.41, 5.74) is 7.13. The standard InChI is InChI=1S/C13H14Cl2N2O2S2/c1-8-2-3-20-12(8)7-17-21(18,19)13-4-9(6-16)10(14)5-11(13)15/h2-5,17H,6-7,16H2,1H3. The normalized spacial score (nSPS) is 11.8. The summed E-state index contributed by atoms with van der Waals surface area (Å²) >= 11 is 13.4. The molecular weight excluding hydrogens is 351 g/mol. The van der Waals surface area contributed by atoms with Crippen LogP contribution >= 0.6 is 34.5 Å². The molecule has 0 aliphatic heterocycles. The molecule has 0 amide bonds. The van der Waals surface area contributed by atoms with Crippen LogP contribution in [0.25, 0.3) is 0 Å². The van der Waals surface area contributed by atoms with E-state index in [2.05, 4.69) is 4.72 Å². The Kier molecular flexibility index (Phi) is 5.29. The lowest BCUT2D eigenvalue weighted by atomic mass is 10.2. The van der Waals surface area contributed by atoms with Gasteiger partial charge in [-0.05, 0) is 41.6 Å². The molecule has 1 heterocycles. The molecule has 0 saturated carbocycles. The summed E-state index contributed by atoms with van der Waals surface area (Å²) < 4.78 is 27.3. The van der Waals surface area contributed by atoms with E-state index in [1.165, 1.54) is 23.5 Å². The monoisotopic (exact) mass is 364 g/mol. The molecule has 3 N–H and O–H groups in total. The highest BCUT2D eigenvalue weighted by Gasteiger charge is 2.20. The topological polar surface area (TPSA) is 72.2 Å². The highest BCUT2D eigenvalue weighted by Crippen LogP contribution is 2.28. The molecule has 4 nitrogen and oxygen atoms in total. The number of halogens is 2. The maximum atomic E-state index is 12.4. The number of benzene rings is 1. The molecule has 0 spiro atoms. The zero-order chi connectivity index (χ0) is 15.6. The average molecular weight is 365 g/mol. The zero-order valence-corrected chi connectivity index (χ0v) is 14.3. The van der Waals surface area contributed by atoms with Crippen LogP contribution in [0.3, 0.4) is 0 Å². The molecule has 0 bridgehead atoms. The Morgan fingerprint density at radius 1 is 1.29 bits per heavy atom. The van der Waals surface area contributed by atoms with Crippen LogP contribution in [0, 0.1) is 6.92 Å². The third-order valence-electron chi connectivity index (χ3n) is 3.00. The van der Waals surface area contributed by atoms with Crippen LogP contribution in [0.4, 0.5) is 0 Å². The first-order chi connectivity index (χ1) is 9.85. The molecule has 0 fully saturated rings. The van der Waals surface area contributed by atoms with Crippen molar-refractivity contribution in [2.24, 2.45) is 5.73 Å². The SMILES string of the molecule is Cc1ccsc1CNS(=O)(=O)c1cc(CN)c(Cl)cc1Cl. The van der Waals surface area contributed by atoms with Crippen molar-refractivity contribution in [3.63, 3.8) is 0 Å². The minimum Gasteiger partial charge on any atom is -0.326 e. The minimum absolute atomic E-state index is 0.0109. The molecule has 2 aromatic rings. The van der Waals surface area contributed by atoms with Gasteiger partial charge in [-0.1, -0.05) is 23.2 Å². The number of rotatable bonds is 5. The molecule has 8 heteroatoms. The van der Waals surface area contributed by atoms with Gasteiger partial charge in [0, 0.05) is 23.0 Å². The van der Waals surface area contributed by atoms with Crippen molar-refractivity contribution in [1.82, 2.24) is 4.72 Å². The lowest BCUT2D eigenvalue weighted by molar-refractivity contribution is 0.581. The van der Waals surface area contributed by atoms with Gasteiger partial charge in [0.15, 0.2) is 0 Å². The van der Waals surface area contributed by atoms with E-state index in [9.17, 15) is 8.42 Å². The van der Waals surface area contributed by atoms with Gasteiger partial charge in [0.1, 0.15) is 4.90 Å². The first kappa shape index (κ1) is 16.7. The molecule has 0 aliphatic carbocycles. The highest BCUT2D eigenvalue weighted by atomic mass is 35.5. The third kappa shape index (κ3) is 3.77. The van der Waals surface area contributed by atoms with E-state index in [1.807, 2.05) is 18.4 Å². The number of sulfonamides is 1. The summed E-state index contributed by atoms with van der Waals surface area (Å²) in [5.74, 6) is 0. The Balaban J connectivity index is 2.29. The average Bonchev–Trinajstić information content (AvgIpc) is 2.82. The van der Waals surface area contributed by atoms with E-state index in [0.717, 1.165) is 10.4 Å². The molecule has 1 aromatic heterocycles. The van der Waals surface area contributed by atoms with Crippen molar-refractivity contribution in [2.75, 3.05) is 0 Å². The molecule has 1 aromatic carbocycles. The Morgan fingerprint density at radius 3 is 2.57 bits per heavy atom. The molecule has 0 radical (unpaired) electrons. The number of hydrogen-bond acceptors (Lipinski definition) is 4. The number of nitrogens with two attached hydrogens (primary N) is 1. The van der Waals surface area contributed by atoms with E-state index in [-0.39, 0.29) is 23.0 Å². The fourth-order valence-corrected chi connectivity index (χ4v) is 4.56. The maximum absolute atomic E-state index is 12.4. The van der Waals surface area contributed by atoms with Gasteiger partial charge in [-0.15, -0.1) is 11.3 Å². The van der Waals surface area contributed by atoms with Crippen LogP contribution in [0.5, 0.6) is 0 Å². The summed E-state index contributed by atoms with van der Waals surface area (Å²) in [6.45, 7) is 2.30. The Hall–Kier alpha value is -0.630. The van der Waals surface area contributed by atoms with Gasteiger partial charge < -0.3 is 5.73 Å². The van der Waals surface area contributed by atoms with E-state index in [0.29, 0.717) is 10.6 Å².